The van der Waals surface area contributed by atoms with E-state index in [1.807, 2.05) is 0 Å². The van der Waals surface area contributed by atoms with Gasteiger partial charge in [0, 0.05) is 12.8 Å². The molecule has 75 heavy (non-hydrogen) atoms. The van der Waals surface area contributed by atoms with E-state index in [2.05, 4.69) is 55.6 Å². The summed E-state index contributed by atoms with van der Waals surface area (Å²) in [7, 11) is 0. The maximum absolute atomic E-state index is 12.5. The maximum atomic E-state index is 12.5. The summed E-state index contributed by atoms with van der Waals surface area (Å²) in [5, 5.41) is 23.4. The summed E-state index contributed by atoms with van der Waals surface area (Å²) in [6.07, 6.45) is 81.7. The zero-order valence-corrected chi connectivity index (χ0v) is 50.5. The fourth-order valence-corrected chi connectivity index (χ4v) is 10.5. The Kier molecular flexibility index (Phi) is 63.0. The van der Waals surface area contributed by atoms with E-state index in [-0.39, 0.29) is 18.5 Å². The Labute approximate surface area is 468 Å². The number of aliphatic hydroxyl groups is 2. The standard InChI is InChI=1S/C69H131NO5/c1-3-5-7-9-11-13-15-17-19-21-29-33-37-41-45-49-53-57-61-67(72)66(65-71)70-68(73)62-58-54-50-46-42-38-34-30-27-25-23-24-26-28-32-36-40-44-48-52-56-60-64-75-69(74)63-59-55-51-47-43-39-35-31-22-20-18-16-14-12-10-8-6-4-2/h14,16,20,22,25,27,66-67,71-72H,3-13,15,17-19,21,23-24,26,28-65H2,1-2H3,(H,70,73)/b16-14-,22-20-,27-25-. The number of carbonyl (C=O) groups is 2. The normalized spacial score (nSPS) is 12.7. The third-order valence-electron chi connectivity index (χ3n) is 15.7. The monoisotopic (exact) mass is 1050 g/mol. The van der Waals surface area contributed by atoms with E-state index in [0.29, 0.717) is 25.9 Å². The van der Waals surface area contributed by atoms with Crippen molar-refractivity contribution in [3.8, 4) is 0 Å². The van der Waals surface area contributed by atoms with E-state index in [4.69, 9.17) is 4.74 Å². The van der Waals surface area contributed by atoms with Gasteiger partial charge in [0.1, 0.15) is 0 Å². The van der Waals surface area contributed by atoms with Gasteiger partial charge in [-0.25, -0.2) is 0 Å². The lowest BCUT2D eigenvalue weighted by Gasteiger charge is -2.22. The molecular weight excluding hydrogens is 923 g/mol. The molecule has 0 aromatic heterocycles. The van der Waals surface area contributed by atoms with Gasteiger partial charge in [-0.15, -0.1) is 0 Å². The van der Waals surface area contributed by atoms with Crippen LogP contribution in [0, 0.1) is 0 Å². The first kappa shape index (κ1) is 73.1. The lowest BCUT2D eigenvalue weighted by molar-refractivity contribution is -0.143. The first-order valence-electron chi connectivity index (χ1n) is 33.7. The number of esters is 1. The number of carbonyl (C=O) groups excluding carboxylic acids is 2. The average molecular weight is 1050 g/mol. The molecule has 0 bridgehead atoms. The van der Waals surface area contributed by atoms with Gasteiger partial charge in [-0.3, -0.25) is 9.59 Å². The highest BCUT2D eigenvalue weighted by Crippen LogP contribution is 2.18. The van der Waals surface area contributed by atoms with E-state index < -0.39 is 12.1 Å². The molecule has 2 unspecified atom stereocenters. The number of amides is 1. The van der Waals surface area contributed by atoms with Gasteiger partial charge in [0.25, 0.3) is 0 Å². The summed E-state index contributed by atoms with van der Waals surface area (Å²) < 4.78 is 5.49. The first-order chi connectivity index (χ1) is 37.0. The molecule has 0 spiro atoms. The second-order valence-electron chi connectivity index (χ2n) is 23.1. The Morgan fingerprint density at radius 1 is 0.373 bits per heavy atom. The smallest absolute Gasteiger partial charge is 0.305 e. The SMILES string of the molecule is CCCCCC/C=C\C/C=C\CCCCCCCCCC(=O)OCCCCCCCCCCCCC/C=C\CCCCCCCCCC(=O)NC(CO)C(O)CCCCCCCCCCCCCCCCCCCC. The molecule has 1 amide bonds. The molecule has 0 heterocycles. The summed E-state index contributed by atoms with van der Waals surface area (Å²) >= 11 is 0. The molecular formula is C69H131NO5. The Bertz CT molecular complexity index is 1210. The highest BCUT2D eigenvalue weighted by molar-refractivity contribution is 5.76. The Morgan fingerprint density at radius 2 is 0.667 bits per heavy atom. The largest absolute Gasteiger partial charge is 0.466 e. The minimum absolute atomic E-state index is 0.00311. The lowest BCUT2D eigenvalue weighted by atomic mass is 10.0. The van der Waals surface area contributed by atoms with E-state index in [1.165, 1.54) is 283 Å². The molecule has 6 nitrogen and oxygen atoms in total. The van der Waals surface area contributed by atoms with E-state index in [9.17, 15) is 19.8 Å². The van der Waals surface area contributed by atoms with E-state index in [0.717, 1.165) is 51.4 Å². The third-order valence-corrected chi connectivity index (χ3v) is 15.7. The number of ether oxygens (including phenoxy) is 1. The van der Waals surface area contributed by atoms with Gasteiger partial charge in [0.2, 0.25) is 5.91 Å². The van der Waals surface area contributed by atoms with Crippen molar-refractivity contribution in [3.63, 3.8) is 0 Å². The van der Waals surface area contributed by atoms with E-state index >= 15 is 0 Å². The van der Waals surface area contributed by atoms with Gasteiger partial charge >= 0.3 is 5.97 Å². The van der Waals surface area contributed by atoms with Gasteiger partial charge in [-0.2, -0.15) is 0 Å². The second kappa shape index (κ2) is 64.6. The fraction of sp³-hybridized carbons (Fsp3) is 0.884. The van der Waals surface area contributed by atoms with Gasteiger partial charge in [0.15, 0.2) is 0 Å². The van der Waals surface area contributed by atoms with Crippen LogP contribution in [-0.4, -0.2) is 47.4 Å². The van der Waals surface area contributed by atoms with Crippen LogP contribution >= 0.6 is 0 Å². The maximum Gasteiger partial charge on any atom is 0.305 e. The third kappa shape index (κ3) is 61.2. The molecule has 0 saturated heterocycles. The van der Waals surface area contributed by atoms with Crippen molar-refractivity contribution in [2.45, 2.75) is 379 Å². The summed E-state index contributed by atoms with van der Waals surface area (Å²) in [4.78, 5) is 24.6. The van der Waals surface area contributed by atoms with Gasteiger partial charge in [-0.05, 0) is 83.5 Å². The molecule has 0 aliphatic carbocycles. The Balaban J connectivity index is 3.41. The molecule has 3 N–H and O–H groups in total. The summed E-state index contributed by atoms with van der Waals surface area (Å²) in [5.41, 5.74) is 0. The first-order valence-corrected chi connectivity index (χ1v) is 33.7. The van der Waals surface area contributed by atoms with Crippen molar-refractivity contribution in [2.75, 3.05) is 13.2 Å². The van der Waals surface area contributed by atoms with Gasteiger partial charge in [0.05, 0.1) is 25.4 Å². The molecule has 2 atom stereocenters. The number of aliphatic hydroxyl groups excluding tert-OH is 2. The summed E-state index contributed by atoms with van der Waals surface area (Å²) in [5.74, 6) is -0.0362. The summed E-state index contributed by atoms with van der Waals surface area (Å²) in [6.45, 7) is 4.95. The highest BCUT2D eigenvalue weighted by atomic mass is 16.5. The number of hydrogen-bond donors (Lipinski definition) is 3. The van der Waals surface area contributed by atoms with Crippen LogP contribution in [0.25, 0.3) is 0 Å². The van der Waals surface area contributed by atoms with Crippen LogP contribution in [0.3, 0.4) is 0 Å². The second-order valence-corrected chi connectivity index (χ2v) is 23.1. The van der Waals surface area contributed by atoms with Crippen LogP contribution in [0.1, 0.15) is 367 Å². The molecule has 0 aromatic carbocycles. The van der Waals surface area contributed by atoms with Crippen molar-refractivity contribution >= 4 is 11.9 Å². The Hall–Kier alpha value is -1.92. The molecule has 0 aliphatic rings. The van der Waals surface area contributed by atoms with Crippen LogP contribution in [0.15, 0.2) is 36.5 Å². The predicted molar refractivity (Wildman–Crippen MR) is 329 cm³/mol. The molecule has 442 valence electrons. The molecule has 0 aromatic rings. The highest BCUT2D eigenvalue weighted by Gasteiger charge is 2.20. The van der Waals surface area contributed by atoms with Crippen LogP contribution in [-0.2, 0) is 14.3 Å². The van der Waals surface area contributed by atoms with Gasteiger partial charge < -0.3 is 20.3 Å². The van der Waals surface area contributed by atoms with Crippen LogP contribution < -0.4 is 5.32 Å². The average Bonchev–Trinajstić information content (AvgIpc) is 3.41. The molecule has 0 radical (unpaired) electrons. The minimum Gasteiger partial charge on any atom is -0.466 e. The van der Waals surface area contributed by atoms with Crippen molar-refractivity contribution in [1.29, 1.82) is 0 Å². The Morgan fingerprint density at radius 3 is 1.04 bits per heavy atom. The predicted octanol–water partition coefficient (Wildman–Crippen LogP) is 21.5. The topological polar surface area (TPSA) is 95.9 Å². The minimum atomic E-state index is -0.670. The molecule has 0 saturated carbocycles. The van der Waals surface area contributed by atoms with Crippen molar-refractivity contribution in [3.05, 3.63) is 36.5 Å². The lowest BCUT2D eigenvalue weighted by Crippen LogP contribution is -2.45. The number of hydrogen-bond acceptors (Lipinski definition) is 5. The molecule has 0 aliphatic heterocycles. The zero-order valence-electron chi connectivity index (χ0n) is 50.5. The van der Waals surface area contributed by atoms with Gasteiger partial charge in [-0.1, -0.05) is 307 Å². The zero-order chi connectivity index (χ0) is 54.3. The summed E-state index contributed by atoms with van der Waals surface area (Å²) in [6, 6.07) is -0.548. The van der Waals surface area contributed by atoms with E-state index in [1.54, 1.807) is 0 Å². The van der Waals surface area contributed by atoms with Crippen molar-refractivity contribution < 1.29 is 24.5 Å². The number of nitrogens with one attached hydrogen (secondary N) is 1. The number of unbranched alkanes of at least 4 members (excludes halogenated alkanes) is 46. The molecule has 0 fully saturated rings. The van der Waals surface area contributed by atoms with Crippen molar-refractivity contribution in [2.24, 2.45) is 0 Å². The van der Waals surface area contributed by atoms with Crippen LogP contribution in [0.4, 0.5) is 0 Å². The fourth-order valence-electron chi connectivity index (χ4n) is 10.5. The molecule has 0 rings (SSSR count). The van der Waals surface area contributed by atoms with Crippen molar-refractivity contribution in [1.82, 2.24) is 5.32 Å². The number of rotatable bonds is 63. The van der Waals surface area contributed by atoms with Crippen LogP contribution in [0.2, 0.25) is 0 Å². The van der Waals surface area contributed by atoms with Crippen LogP contribution in [0.5, 0.6) is 0 Å². The quantitative estimate of drug-likeness (QED) is 0.0320. The number of allylic oxidation sites excluding steroid dienone is 6. The molecule has 6 heteroatoms.